The van der Waals surface area contributed by atoms with E-state index < -0.39 is 9.84 Å². The van der Waals surface area contributed by atoms with E-state index in [0.29, 0.717) is 5.56 Å². The second-order valence-corrected chi connectivity index (χ2v) is 7.49. The van der Waals surface area contributed by atoms with E-state index in [0.717, 1.165) is 11.3 Å². The summed E-state index contributed by atoms with van der Waals surface area (Å²) >= 11 is 0. The molecule has 1 aromatic carbocycles. The van der Waals surface area contributed by atoms with Crippen molar-refractivity contribution in [1.82, 2.24) is 4.90 Å². The maximum Gasteiger partial charge on any atom is 0.256 e. The molecule has 0 saturated carbocycles. The molecule has 1 aliphatic rings. The first kappa shape index (κ1) is 14.8. The van der Waals surface area contributed by atoms with Gasteiger partial charge in [0.1, 0.15) is 0 Å². The Bertz CT molecular complexity index is 625. The number of amides is 1. The normalized spacial score (nSPS) is 21.6. The molecule has 1 unspecified atom stereocenters. The smallest absolute Gasteiger partial charge is 0.256 e. The second-order valence-electron chi connectivity index (χ2n) is 5.26. The minimum absolute atomic E-state index is 0.0411. The Morgan fingerprint density at radius 2 is 2.10 bits per heavy atom. The highest BCUT2D eigenvalue weighted by atomic mass is 32.2. The number of carbonyl (C=O) groups excluding carboxylic acids is 1. The van der Waals surface area contributed by atoms with Gasteiger partial charge in [0.2, 0.25) is 0 Å². The lowest BCUT2D eigenvalue weighted by atomic mass is 10.1. The molecule has 1 aliphatic heterocycles. The van der Waals surface area contributed by atoms with Crippen LogP contribution in [0.2, 0.25) is 0 Å². The van der Waals surface area contributed by atoms with Crippen molar-refractivity contribution in [2.45, 2.75) is 19.9 Å². The van der Waals surface area contributed by atoms with Crippen LogP contribution in [0.4, 0.5) is 5.69 Å². The number of anilines is 1. The largest absolute Gasteiger partial charge is 0.387 e. The highest BCUT2D eigenvalue weighted by Gasteiger charge is 2.32. The predicted molar refractivity (Wildman–Crippen MR) is 79.9 cm³/mol. The van der Waals surface area contributed by atoms with E-state index >= 15 is 0 Å². The Hall–Kier alpha value is -1.56. The molecule has 1 atom stereocenters. The molecule has 1 fully saturated rings. The van der Waals surface area contributed by atoms with Gasteiger partial charge in [-0.05, 0) is 26.0 Å². The van der Waals surface area contributed by atoms with Crippen molar-refractivity contribution in [2.24, 2.45) is 0 Å². The van der Waals surface area contributed by atoms with Crippen LogP contribution in [0.25, 0.3) is 0 Å². The Morgan fingerprint density at radius 3 is 2.70 bits per heavy atom. The summed E-state index contributed by atoms with van der Waals surface area (Å²) in [6, 6.07) is 5.36. The van der Waals surface area contributed by atoms with Crippen LogP contribution in [0.3, 0.4) is 0 Å². The molecule has 0 spiro atoms. The van der Waals surface area contributed by atoms with Gasteiger partial charge in [-0.25, -0.2) is 8.42 Å². The minimum Gasteiger partial charge on any atom is -0.387 e. The van der Waals surface area contributed by atoms with E-state index in [-0.39, 0.29) is 30.0 Å². The number of hydrogen-bond acceptors (Lipinski definition) is 4. The second kappa shape index (κ2) is 5.44. The van der Waals surface area contributed by atoms with Crippen molar-refractivity contribution in [3.63, 3.8) is 0 Å². The number of aryl methyl sites for hydroxylation is 1. The van der Waals surface area contributed by atoms with Crippen molar-refractivity contribution in [1.29, 1.82) is 0 Å². The summed E-state index contributed by atoms with van der Waals surface area (Å²) < 4.78 is 23.2. The average Bonchev–Trinajstić information content (AvgIpc) is 2.37. The zero-order valence-electron chi connectivity index (χ0n) is 12.0. The van der Waals surface area contributed by atoms with Gasteiger partial charge in [0.05, 0.1) is 17.1 Å². The number of sulfone groups is 1. The fraction of sp³-hybridized carbons (Fsp3) is 0.500. The maximum atomic E-state index is 12.6. The molecule has 6 heteroatoms. The summed E-state index contributed by atoms with van der Waals surface area (Å²) in [4.78, 5) is 14.3. The van der Waals surface area contributed by atoms with Gasteiger partial charge in [-0.2, -0.15) is 0 Å². The first-order valence-electron chi connectivity index (χ1n) is 6.64. The fourth-order valence-corrected chi connectivity index (χ4v) is 4.06. The zero-order valence-corrected chi connectivity index (χ0v) is 12.8. The molecule has 110 valence electrons. The molecular weight excluding hydrogens is 276 g/mol. The van der Waals surface area contributed by atoms with E-state index in [4.69, 9.17) is 0 Å². The van der Waals surface area contributed by atoms with E-state index in [1.54, 1.807) is 18.9 Å². The summed E-state index contributed by atoms with van der Waals surface area (Å²) in [5.74, 6) is -0.0242. The molecule has 0 aromatic heterocycles. The third kappa shape index (κ3) is 2.95. The predicted octanol–water partition coefficient (Wildman–Crippen LogP) is 1.30. The molecule has 1 saturated heterocycles. The van der Waals surface area contributed by atoms with Gasteiger partial charge in [-0.15, -0.1) is 0 Å². The Balaban J connectivity index is 2.30. The van der Waals surface area contributed by atoms with Crippen molar-refractivity contribution in [2.75, 3.05) is 30.4 Å². The van der Waals surface area contributed by atoms with Crippen molar-refractivity contribution in [3.05, 3.63) is 29.3 Å². The number of nitrogens with one attached hydrogen (secondary N) is 1. The van der Waals surface area contributed by atoms with Crippen LogP contribution >= 0.6 is 0 Å². The highest BCUT2D eigenvalue weighted by molar-refractivity contribution is 7.91. The van der Waals surface area contributed by atoms with Crippen LogP contribution in [0, 0.1) is 6.92 Å². The van der Waals surface area contributed by atoms with Crippen molar-refractivity contribution < 1.29 is 13.2 Å². The standard InChI is InChI=1S/C14H20N2O3S/c1-10-4-5-13(15-3)12(8-10)14(17)16-6-7-20(18,19)9-11(16)2/h4-5,8,11,15H,6-7,9H2,1-3H3. The van der Waals surface area contributed by atoms with Crippen LogP contribution in [-0.2, 0) is 9.84 Å². The lowest BCUT2D eigenvalue weighted by Gasteiger charge is -2.33. The SMILES string of the molecule is CNc1ccc(C)cc1C(=O)N1CCS(=O)(=O)CC1C. The first-order chi connectivity index (χ1) is 9.34. The molecule has 0 aliphatic carbocycles. The highest BCUT2D eigenvalue weighted by Crippen LogP contribution is 2.22. The first-order valence-corrected chi connectivity index (χ1v) is 8.46. The molecular formula is C14H20N2O3S. The van der Waals surface area contributed by atoms with Gasteiger partial charge >= 0.3 is 0 Å². The molecule has 2 rings (SSSR count). The summed E-state index contributed by atoms with van der Waals surface area (Å²) in [6.07, 6.45) is 0. The zero-order chi connectivity index (χ0) is 14.9. The van der Waals surface area contributed by atoms with Crippen molar-refractivity contribution >= 4 is 21.4 Å². The Labute approximate surface area is 119 Å². The van der Waals surface area contributed by atoms with Crippen LogP contribution in [-0.4, -0.2) is 50.4 Å². The van der Waals surface area contributed by atoms with E-state index in [2.05, 4.69) is 5.32 Å². The molecule has 1 amide bonds. The Morgan fingerprint density at radius 1 is 1.40 bits per heavy atom. The molecule has 1 aromatic rings. The van der Waals surface area contributed by atoms with E-state index in [1.807, 2.05) is 25.1 Å². The van der Waals surface area contributed by atoms with Crippen LogP contribution in [0.5, 0.6) is 0 Å². The van der Waals surface area contributed by atoms with Gasteiger partial charge in [-0.1, -0.05) is 11.6 Å². The fourth-order valence-electron chi connectivity index (χ4n) is 2.51. The summed E-state index contributed by atoms with van der Waals surface area (Å²) in [5.41, 5.74) is 2.37. The molecule has 0 radical (unpaired) electrons. The monoisotopic (exact) mass is 296 g/mol. The van der Waals surface area contributed by atoms with Crippen LogP contribution < -0.4 is 5.32 Å². The van der Waals surface area contributed by atoms with E-state index in [1.165, 1.54) is 0 Å². The van der Waals surface area contributed by atoms with Crippen LogP contribution in [0.1, 0.15) is 22.8 Å². The number of hydrogen-bond donors (Lipinski definition) is 1. The summed E-state index contributed by atoms with van der Waals surface area (Å²) in [7, 11) is -1.24. The average molecular weight is 296 g/mol. The van der Waals surface area contributed by atoms with Gasteiger partial charge < -0.3 is 10.2 Å². The lowest BCUT2D eigenvalue weighted by molar-refractivity contribution is 0.0713. The van der Waals surface area contributed by atoms with Gasteiger partial charge in [-0.3, -0.25) is 4.79 Å². The number of benzene rings is 1. The number of rotatable bonds is 2. The van der Waals surface area contributed by atoms with Crippen LogP contribution in [0.15, 0.2) is 18.2 Å². The lowest BCUT2D eigenvalue weighted by Crippen LogP contribution is -2.49. The third-order valence-electron chi connectivity index (χ3n) is 3.61. The molecule has 5 nitrogen and oxygen atoms in total. The number of nitrogens with zero attached hydrogens (tertiary/aromatic N) is 1. The van der Waals surface area contributed by atoms with Crippen molar-refractivity contribution in [3.8, 4) is 0 Å². The molecule has 1 heterocycles. The summed E-state index contributed by atoms with van der Waals surface area (Å²) in [6.45, 7) is 3.98. The summed E-state index contributed by atoms with van der Waals surface area (Å²) in [5, 5.41) is 3.01. The minimum atomic E-state index is -3.01. The van der Waals surface area contributed by atoms with Gasteiger partial charge in [0, 0.05) is 25.3 Å². The molecule has 20 heavy (non-hydrogen) atoms. The van der Waals surface area contributed by atoms with Gasteiger partial charge in [0.25, 0.3) is 5.91 Å². The molecule has 0 bridgehead atoms. The van der Waals surface area contributed by atoms with Gasteiger partial charge in [0.15, 0.2) is 9.84 Å². The maximum absolute atomic E-state index is 12.6. The third-order valence-corrected chi connectivity index (χ3v) is 5.40. The van der Waals surface area contributed by atoms with E-state index in [9.17, 15) is 13.2 Å². The Kier molecular flexibility index (Phi) is 4.04. The quantitative estimate of drug-likeness (QED) is 0.893. The topological polar surface area (TPSA) is 66.5 Å². The molecule has 1 N–H and O–H groups in total. The number of carbonyl (C=O) groups is 1.